The van der Waals surface area contributed by atoms with E-state index in [9.17, 15) is 14.4 Å². The van der Waals surface area contributed by atoms with Gasteiger partial charge in [0, 0.05) is 19.5 Å². The lowest BCUT2D eigenvalue weighted by Crippen LogP contribution is -2.39. The molecule has 1 unspecified atom stereocenters. The number of benzene rings is 2. The van der Waals surface area contributed by atoms with Crippen molar-refractivity contribution in [3.05, 3.63) is 70.8 Å². The van der Waals surface area contributed by atoms with Crippen LogP contribution in [0.2, 0.25) is 0 Å². The average Bonchev–Trinajstić information content (AvgIpc) is 3.36. The van der Waals surface area contributed by atoms with E-state index in [1.807, 2.05) is 0 Å². The molecule has 0 aromatic heterocycles. The van der Waals surface area contributed by atoms with Crippen LogP contribution >= 0.6 is 0 Å². The Balaban J connectivity index is 1.34. The zero-order chi connectivity index (χ0) is 21.1. The molecule has 2 aliphatic heterocycles. The average molecular weight is 405 g/mol. The summed E-state index contributed by atoms with van der Waals surface area (Å²) in [5.41, 5.74) is 3.24. The first kappa shape index (κ1) is 20.3. The lowest BCUT2D eigenvalue weighted by atomic mass is 10.0. The second kappa shape index (κ2) is 8.79. The number of likely N-dealkylation sites (tertiary alicyclic amines) is 1. The van der Waals surface area contributed by atoms with Crippen molar-refractivity contribution >= 4 is 17.7 Å². The van der Waals surface area contributed by atoms with E-state index in [-0.39, 0.29) is 36.7 Å². The van der Waals surface area contributed by atoms with Crippen LogP contribution in [0, 0.1) is 6.92 Å². The molecule has 1 saturated heterocycles. The van der Waals surface area contributed by atoms with Gasteiger partial charge in [-0.1, -0.05) is 42.0 Å². The Kier molecular flexibility index (Phi) is 5.95. The van der Waals surface area contributed by atoms with E-state index in [1.165, 1.54) is 28.9 Å². The Bertz CT molecular complexity index is 913. The predicted octanol–water partition coefficient (Wildman–Crippen LogP) is 2.93. The number of amides is 3. The molecule has 2 heterocycles. The van der Waals surface area contributed by atoms with Crippen LogP contribution in [0.1, 0.15) is 57.1 Å². The highest BCUT2D eigenvalue weighted by Crippen LogP contribution is 2.25. The number of nitrogens with one attached hydrogen (secondary N) is 1. The summed E-state index contributed by atoms with van der Waals surface area (Å²) in [4.78, 5) is 41.0. The van der Waals surface area contributed by atoms with Gasteiger partial charge in [-0.25, -0.2) is 0 Å². The minimum absolute atomic E-state index is 0.0943. The van der Waals surface area contributed by atoms with Crippen LogP contribution in [0.5, 0.6) is 0 Å². The standard InChI is InChI=1S/C24H27N3O3/c1-17-8-10-18(11-9-17)21(26-13-4-5-14-26)16-25-22(28)12-15-27-23(29)19-6-2-3-7-20(19)24(27)30/h2-3,6-11,21H,4-5,12-16H2,1H3,(H,25,28). The first-order valence-electron chi connectivity index (χ1n) is 10.6. The van der Waals surface area contributed by atoms with Crippen molar-refractivity contribution in [3.63, 3.8) is 0 Å². The van der Waals surface area contributed by atoms with Crippen molar-refractivity contribution in [2.75, 3.05) is 26.2 Å². The molecule has 2 aromatic rings. The first-order chi connectivity index (χ1) is 14.5. The summed E-state index contributed by atoms with van der Waals surface area (Å²) in [7, 11) is 0. The van der Waals surface area contributed by atoms with Gasteiger partial charge in [0.2, 0.25) is 5.91 Å². The Labute approximate surface area is 176 Å². The summed E-state index contributed by atoms with van der Waals surface area (Å²) in [6.45, 7) is 4.74. The molecular formula is C24H27N3O3. The third-order valence-corrected chi connectivity index (χ3v) is 5.98. The van der Waals surface area contributed by atoms with Crippen molar-refractivity contribution in [2.45, 2.75) is 32.2 Å². The van der Waals surface area contributed by atoms with E-state index in [0.29, 0.717) is 17.7 Å². The molecule has 2 aliphatic rings. The van der Waals surface area contributed by atoms with Gasteiger partial charge in [0.25, 0.3) is 11.8 Å². The Hall–Kier alpha value is -2.99. The Morgan fingerprint density at radius 3 is 2.17 bits per heavy atom. The summed E-state index contributed by atoms with van der Waals surface area (Å²) in [5, 5.41) is 3.02. The van der Waals surface area contributed by atoms with Crippen LogP contribution in [-0.4, -0.2) is 53.7 Å². The van der Waals surface area contributed by atoms with E-state index in [0.717, 1.165) is 13.1 Å². The van der Waals surface area contributed by atoms with Crippen molar-refractivity contribution in [1.82, 2.24) is 15.1 Å². The molecule has 4 rings (SSSR count). The maximum Gasteiger partial charge on any atom is 0.261 e. The first-order valence-corrected chi connectivity index (χ1v) is 10.6. The number of nitrogens with zero attached hydrogens (tertiary/aromatic N) is 2. The lowest BCUT2D eigenvalue weighted by molar-refractivity contribution is -0.121. The highest BCUT2D eigenvalue weighted by Gasteiger charge is 2.35. The van der Waals surface area contributed by atoms with Crippen LogP contribution in [0.4, 0.5) is 0 Å². The maximum atomic E-state index is 12.5. The zero-order valence-electron chi connectivity index (χ0n) is 17.3. The molecule has 0 saturated carbocycles. The molecule has 6 nitrogen and oxygen atoms in total. The minimum Gasteiger partial charge on any atom is -0.354 e. The van der Waals surface area contributed by atoms with Crippen molar-refractivity contribution < 1.29 is 14.4 Å². The maximum absolute atomic E-state index is 12.5. The number of rotatable bonds is 7. The number of hydrogen-bond donors (Lipinski definition) is 1. The van der Waals surface area contributed by atoms with Gasteiger partial charge in [0.15, 0.2) is 0 Å². The van der Waals surface area contributed by atoms with E-state index in [1.54, 1.807) is 24.3 Å². The summed E-state index contributed by atoms with van der Waals surface area (Å²) < 4.78 is 0. The molecule has 6 heteroatoms. The zero-order valence-corrected chi connectivity index (χ0v) is 17.3. The molecule has 1 fully saturated rings. The number of hydrogen-bond acceptors (Lipinski definition) is 4. The van der Waals surface area contributed by atoms with Crippen LogP contribution in [0.25, 0.3) is 0 Å². The minimum atomic E-state index is -0.321. The highest BCUT2D eigenvalue weighted by atomic mass is 16.2. The molecule has 0 aliphatic carbocycles. The predicted molar refractivity (Wildman–Crippen MR) is 114 cm³/mol. The molecule has 0 spiro atoms. The largest absolute Gasteiger partial charge is 0.354 e. The fourth-order valence-corrected chi connectivity index (χ4v) is 4.25. The molecule has 0 radical (unpaired) electrons. The third kappa shape index (κ3) is 4.14. The summed E-state index contributed by atoms with van der Waals surface area (Å²) in [5.74, 6) is -0.793. The van der Waals surface area contributed by atoms with Gasteiger partial charge in [0.1, 0.15) is 0 Å². The fraction of sp³-hybridized carbons (Fsp3) is 0.375. The third-order valence-electron chi connectivity index (χ3n) is 5.98. The van der Waals surface area contributed by atoms with E-state index in [4.69, 9.17) is 0 Å². The molecule has 3 amide bonds. The second-order valence-corrected chi connectivity index (χ2v) is 8.03. The SMILES string of the molecule is Cc1ccc(C(CNC(=O)CCN2C(=O)c3ccccc3C2=O)N2CCCC2)cc1. The lowest BCUT2D eigenvalue weighted by Gasteiger charge is -2.28. The van der Waals surface area contributed by atoms with Crippen molar-refractivity contribution in [1.29, 1.82) is 0 Å². The van der Waals surface area contributed by atoms with Gasteiger partial charge in [-0.05, 0) is 50.6 Å². The molecule has 1 N–H and O–H groups in total. The number of fused-ring (bicyclic) bond motifs is 1. The monoisotopic (exact) mass is 405 g/mol. The van der Waals surface area contributed by atoms with Gasteiger partial charge in [0.05, 0.1) is 17.2 Å². The van der Waals surface area contributed by atoms with E-state index < -0.39 is 0 Å². The molecular weight excluding hydrogens is 378 g/mol. The Morgan fingerprint density at radius 1 is 0.967 bits per heavy atom. The molecule has 30 heavy (non-hydrogen) atoms. The van der Waals surface area contributed by atoms with E-state index >= 15 is 0 Å². The van der Waals surface area contributed by atoms with E-state index in [2.05, 4.69) is 41.4 Å². The van der Waals surface area contributed by atoms with Gasteiger partial charge in [-0.2, -0.15) is 0 Å². The molecule has 1 atom stereocenters. The summed E-state index contributed by atoms with van der Waals surface area (Å²) >= 11 is 0. The number of aryl methyl sites for hydroxylation is 1. The topological polar surface area (TPSA) is 69.7 Å². The highest BCUT2D eigenvalue weighted by molar-refractivity contribution is 6.21. The normalized spacial score (nSPS) is 17.3. The van der Waals surface area contributed by atoms with Crippen molar-refractivity contribution in [3.8, 4) is 0 Å². The van der Waals surface area contributed by atoms with Crippen LogP contribution in [-0.2, 0) is 4.79 Å². The van der Waals surface area contributed by atoms with Crippen LogP contribution in [0.3, 0.4) is 0 Å². The molecule has 156 valence electrons. The second-order valence-electron chi connectivity index (χ2n) is 8.03. The number of carbonyl (C=O) groups is 3. The van der Waals surface area contributed by atoms with Gasteiger partial charge >= 0.3 is 0 Å². The summed E-state index contributed by atoms with van der Waals surface area (Å²) in [6.07, 6.45) is 2.46. The fourth-order valence-electron chi connectivity index (χ4n) is 4.25. The number of imide groups is 1. The number of carbonyl (C=O) groups excluding carboxylic acids is 3. The van der Waals surface area contributed by atoms with Gasteiger partial charge in [-0.3, -0.25) is 24.2 Å². The molecule has 2 aromatic carbocycles. The summed E-state index contributed by atoms with van der Waals surface area (Å²) in [6, 6.07) is 15.4. The van der Waals surface area contributed by atoms with Crippen molar-refractivity contribution in [2.24, 2.45) is 0 Å². The quantitative estimate of drug-likeness (QED) is 0.719. The Morgan fingerprint density at radius 2 is 1.57 bits per heavy atom. The van der Waals surface area contributed by atoms with Crippen LogP contribution in [0.15, 0.2) is 48.5 Å². The van der Waals surface area contributed by atoms with Crippen LogP contribution < -0.4 is 5.32 Å². The molecule has 0 bridgehead atoms. The van der Waals surface area contributed by atoms with Gasteiger partial charge in [-0.15, -0.1) is 0 Å². The smallest absolute Gasteiger partial charge is 0.261 e. The van der Waals surface area contributed by atoms with Gasteiger partial charge < -0.3 is 5.32 Å².